The van der Waals surface area contributed by atoms with Crippen LogP contribution in [0.3, 0.4) is 0 Å². The Kier molecular flexibility index (Phi) is 5.88. The van der Waals surface area contributed by atoms with Crippen molar-refractivity contribution in [1.29, 1.82) is 0 Å². The van der Waals surface area contributed by atoms with Gasteiger partial charge in [-0.15, -0.1) is 0 Å². The Balaban J connectivity index is 1.93. The third-order valence-corrected chi connectivity index (χ3v) is 4.04. The fraction of sp³-hybridized carbons (Fsp3) is 0.647. The van der Waals surface area contributed by atoms with E-state index in [1.54, 1.807) is 0 Å². The Hall–Kier alpha value is -1.26. The van der Waals surface area contributed by atoms with E-state index in [-0.39, 0.29) is 18.2 Å². The molecule has 118 valence electrons. The summed E-state index contributed by atoms with van der Waals surface area (Å²) in [6.07, 6.45) is 4.00. The van der Waals surface area contributed by atoms with Crippen LogP contribution in [0.4, 0.5) is 0 Å². The van der Waals surface area contributed by atoms with Crippen LogP contribution in [0.15, 0.2) is 24.3 Å². The molecule has 1 aliphatic rings. The van der Waals surface area contributed by atoms with Crippen LogP contribution in [0.1, 0.15) is 39.5 Å². The van der Waals surface area contributed by atoms with Crippen molar-refractivity contribution in [2.45, 2.75) is 51.2 Å². The topological polar surface area (TPSA) is 50.7 Å². The maximum atomic E-state index is 9.70. The van der Waals surface area contributed by atoms with Crippen LogP contribution in [0, 0.1) is 0 Å². The minimum atomic E-state index is -0.168. The van der Waals surface area contributed by atoms with Crippen LogP contribution < -0.4 is 14.8 Å². The highest BCUT2D eigenvalue weighted by atomic mass is 16.5. The second kappa shape index (κ2) is 7.66. The molecule has 0 spiro atoms. The average Bonchev–Trinajstić information content (AvgIpc) is 2.90. The van der Waals surface area contributed by atoms with Crippen LogP contribution in [-0.4, -0.2) is 36.5 Å². The quantitative estimate of drug-likeness (QED) is 0.774. The van der Waals surface area contributed by atoms with E-state index in [9.17, 15) is 5.11 Å². The van der Waals surface area contributed by atoms with Gasteiger partial charge in [0.2, 0.25) is 0 Å². The maximum Gasteiger partial charge on any atom is 0.123 e. The summed E-state index contributed by atoms with van der Waals surface area (Å²) in [5, 5.41) is 13.2. The number of benzene rings is 1. The first-order chi connectivity index (χ1) is 10.2. The Bertz CT molecular complexity index is 438. The number of nitrogens with one attached hydrogen (secondary N) is 1. The predicted octanol–water partition coefficient (Wildman–Crippen LogP) is 2.75. The van der Waals surface area contributed by atoms with Gasteiger partial charge in [0, 0.05) is 18.0 Å². The van der Waals surface area contributed by atoms with Crippen LogP contribution >= 0.6 is 0 Å². The molecule has 0 amide bonds. The lowest BCUT2D eigenvalue weighted by atomic mass is 9.98. The van der Waals surface area contributed by atoms with Crippen molar-refractivity contribution in [3.63, 3.8) is 0 Å². The van der Waals surface area contributed by atoms with E-state index in [1.807, 2.05) is 31.2 Å². The van der Waals surface area contributed by atoms with Gasteiger partial charge in [0.15, 0.2) is 0 Å². The normalized spacial score (nSPS) is 25.0. The third-order valence-electron chi connectivity index (χ3n) is 4.04. The van der Waals surface area contributed by atoms with Crippen LogP contribution in [-0.2, 0) is 0 Å². The van der Waals surface area contributed by atoms with E-state index in [4.69, 9.17) is 9.47 Å². The standard InChI is InChI=1S/C17H27NO3/c1-3-10-18-17(13-19)9-8-16(12-17)21-15-7-5-6-14(11-15)20-4-2/h5-7,11,16,18-19H,3-4,8-10,12-13H2,1-2H3. The van der Waals surface area contributed by atoms with Crippen LogP contribution in [0.2, 0.25) is 0 Å². The van der Waals surface area contributed by atoms with E-state index in [1.165, 1.54) is 0 Å². The summed E-state index contributed by atoms with van der Waals surface area (Å²) in [6, 6.07) is 7.78. The molecule has 1 aliphatic carbocycles. The summed E-state index contributed by atoms with van der Waals surface area (Å²) in [5.41, 5.74) is -0.168. The summed E-state index contributed by atoms with van der Waals surface area (Å²) < 4.78 is 11.6. The third kappa shape index (κ3) is 4.35. The van der Waals surface area contributed by atoms with E-state index in [2.05, 4.69) is 12.2 Å². The first-order valence-electron chi connectivity index (χ1n) is 7.97. The molecule has 4 nitrogen and oxygen atoms in total. The van der Waals surface area contributed by atoms with Crippen molar-refractivity contribution in [1.82, 2.24) is 5.32 Å². The lowest BCUT2D eigenvalue weighted by Gasteiger charge is -2.28. The molecule has 2 rings (SSSR count). The number of aliphatic hydroxyl groups excluding tert-OH is 1. The van der Waals surface area contributed by atoms with Crippen molar-refractivity contribution in [3.8, 4) is 11.5 Å². The van der Waals surface area contributed by atoms with Crippen molar-refractivity contribution >= 4 is 0 Å². The predicted molar refractivity (Wildman–Crippen MR) is 84.0 cm³/mol. The molecule has 1 saturated carbocycles. The summed E-state index contributed by atoms with van der Waals surface area (Å²) in [4.78, 5) is 0. The Morgan fingerprint density at radius 3 is 2.86 bits per heavy atom. The molecule has 1 fully saturated rings. The van der Waals surface area contributed by atoms with E-state index >= 15 is 0 Å². The van der Waals surface area contributed by atoms with Gasteiger partial charge in [-0.05, 0) is 44.9 Å². The zero-order valence-electron chi connectivity index (χ0n) is 13.1. The highest BCUT2D eigenvalue weighted by Gasteiger charge is 2.39. The van der Waals surface area contributed by atoms with Gasteiger partial charge in [-0.2, -0.15) is 0 Å². The smallest absolute Gasteiger partial charge is 0.123 e. The monoisotopic (exact) mass is 293 g/mol. The second-order valence-electron chi connectivity index (χ2n) is 5.76. The second-order valence-corrected chi connectivity index (χ2v) is 5.76. The minimum Gasteiger partial charge on any atom is -0.494 e. The first-order valence-corrected chi connectivity index (χ1v) is 7.97. The summed E-state index contributed by atoms with van der Waals surface area (Å²) in [7, 11) is 0. The first kappa shape index (κ1) is 16.1. The maximum absolute atomic E-state index is 9.70. The summed E-state index contributed by atoms with van der Waals surface area (Å²) in [6.45, 7) is 5.88. The molecule has 0 radical (unpaired) electrons. The highest BCUT2D eigenvalue weighted by molar-refractivity contribution is 5.33. The molecule has 0 bridgehead atoms. The summed E-state index contributed by atoms with van der Waals surface area (Å²) in [5.74, 6) is 1.68. The fourth-order valence-electron chi connectivity index (χ4n) is 2.92. The Morgan fingerprint density at radius 2 is 2.14 bits per heavy atom. The minimum absolute atomic E-state index is 0.151. The molecule has 0 aromatic heterocycles. The fourth-order valence-corrected chi connectivity index (χ4v) is 2.92. The Morgan fingerprint density at radius 1 is 1.33 bits per heavy atom. The van der Waals surface area contributed by atoms with E-state index in [0.717, 1.165) is 43.7 Å². The number of aliphatic hydroxyl groups is 1. The molecule has 1 aromatic carbocycles. The SMILES string of the molecule is CCCNC1(CO)CCC(Oc2cccc(OCC)c2)C1. The van der Waals surface area contributed by atoms with Gasteiger partial charge in [-0.3, -0.25) is 0 Å². The van der Waals surface area contributed by atoms with Crippen molar-refractivity contribution in [3.05, 3.63) is 24.3 Å². The number of rotatable bonds is 8. The molecule has 0 heterocycles. The lowest BCUT2D eigenvalue weighted by Crippen LogP contribution is -2.47. The van der Waals surface area contributed by atoms with Gasteiger partial charge in [0.05, 0.1) is 13.2 Å². The molecule has 4 heteroatoms. The largest absolute Gasteiger partial charge is 0.494 e. The molecule has 1 aromatic rings. The molecule has 21 heavy (non-hydrogen) atoms. The molecule has 0 saturated heterocycles. The van der Waals surface area contributed by atoms with Crippen molar-refractivity contribution < 1.29 is 14.6 Å². The molecular formula is C17H27NO3. The van der Waals surface area contributed by atoms with Gasteiger partial charge in [0.25, 0.3) is 0 Å². The number of ether oxygens (including phenoxy) is 2. The highest BCUT2D eigenvalue weighted by Crippen LogP contribution is 2.33. The Labute approximate surface area is 127 Å². The average molecular weight is 293 g/mol. The summed E-state index contributed by atoms with van der Waals surface area (Å²) >= 11 is 0. The van der Waals surface area contributed by atoms with Crippen molar-refractivity contribution in [2.24, 2.45) is 0 Å². The lowest BCUT2D eigenvalue weighted by molar-refractivity contribution is 0.140. The van der Waals surface area contributed by atoms with Gasteiger partial charge in [-0.1, -0.05) is 13.0 Å². The zero-order valence-corrected chi connectivity index (χ0v) is 13.1. The van der Waals surface area contributed by atoms with Gasteiger partial charge in [0.1, 0.15) is 17.6 Å². The molecule has 2 unspecified atom stereocenters. The van der Waals surface area contributed by atoms with Crippen LogP contribution in [0.5, 0.6) is 11.5 Å². The van der Waals surface area contributed by atoms with Gasteiger partial charge < -0.3 is 19.9 Å². The number of hydrogen-bond acceptors (Lipinski definition) is 4. The van der Waals surface area contributed by atoms with E-state index in [0.29, 0.717) is 6.61 Å². The van der Waals surface area contributed by atoms with E-state index < -0.39 is 0 Å². The molecule has 2 N–H and O–H groups in total. The molecular weight excluding hydrogens is 266 g/mol. The number of hydrogen-bond donors (Lipinski definition) is 2. The molecule has 0 aliphatic heterocycles. The van der Waals surface area contributed by atoms with Gasteiger partial charge in [-0.25, -0.2) is 0 Å². The zero-order chi connectivity index (χ0) is 15.1. The van der Waals surface area contributed by atoms with Crippen molar-refractivity contribution in [2.75, 3.05) is 19.8 Å². The van der Waals surface area contributed by atoms with Crippen LogP contribution in [0.25, 0.3) is 0 Å². The van der Waals surface area contributed by atoms with Gasteiger partial charge >= 0.3 is 0 Å². The molecule has 2 atom stereocenters.